The van der Waals surface area contributed by atoms with Crippen LogP contribution in [-0.4, -0.2) is 18.6 Å². The summed E-state index contributed by atoms with van der Waals surface area (Å²) in [5, 5.41) is 11.1. The fraction of sp³-hybridized carbons (Fsp3) is 0.500. The molecule has 38 valence electrons. The summed E-state index contributed by atoms with van der Waals surface area (Å²) < 4.78 is 0. The first-order chi connectivity index (χ1) is 3.27. The Morgan fingerprint density at radius 1 is 2.00 bits per heavy atom. The van der Waals surface area contributed by atoms with E-state index < -0.39 is 7.05 Å². The predicted molar refractivity (Wildman–Crippen MR) is 30.7 cm³/mol. The summed E-state index contributed by atoms with van der Waals surface area (Å²) in [6.45, 7) is 2.05. The van der Waals surface area contributed by atoms with Crippen molar-refractivity contribution in [2.24, 2.45) is 0 Å². The van der Waals surface area contributed by atoms with Crippen molar-refractivity contribution in [1.82, 2.24) is 5.23 Å². The van der Waals surface area contributed by atoms with Gasteiger partial charge in [0, 0.05) is 6.54 Å². The van der Waals surface area contributed by atoms with Crippen LogP contribution in [0, 0.1) is 12.3 Å². The number of hydrogen-bond acceptors (Lipinski definition) is 2. The van der Waals surface area contributed by atoms with Crippen LogP contribution in [0.5, 0.6) is 0 Å². The summed E-state index contributed by atoms with van der Waals surface area (Å²) in [4.78, 5) is 0. The maximum atomic E-state index is 8.48. The van der Waals surface area contributed by atoms with Gasteiger partial charge in [0.2, 0.25) is 0 Å². The fourth-order valence-electron chi connectivity index (χ4n) is 0.207. The van der Waals surface area contributed by atoms with Crippen molar-refractivity contribution in [3.8, 4) is 12.3 Å². The molecule has 0 unspecified atom stereocenters. The van der Waals surface area contributed by atoms with Crippen molar-refractivity contribution in [1.29, 1.82) is 0 Å². The zero-order chi connectivity index (χ0) is 5.70. The molecule has 0 spiro atoms. The van der Waals surface area contributed by atoms with E-state index in [1.54, 1.807) is 6.82 Å². The van der Waals surface area contributed by atoms with Gasteiger partial charge in [-0.2, -0.15) is 0 Å². The molecule has 0 aromatic heterocycles. The molecule has 3 heteroatoms. The van der Waals surface area contributed by atoms with Crippen molar-refractivity contribution in [2.45, 2.75) is 6.82 Å². The first-order valence-electron chi connectivity index (χ1n) is 2.12. The lowest BCUT2D eigenvalue weighted by Gasteiger charge is -1.94. The molecule has 2 N–H and O–H groups in total. The van der Waals surface area contributed by atoms with Crippen molar-refractivity contribution in [3.05, 3.63) is 0 Å². The monoisotopic (exact) mass is 97.1 g/mol. The highest BCUT2D eigenvalue weighted by Crippen LogP contribution is 1.60. The summed E-state index contributed by atoms with van der Waals surface area (Å²) in [5.41, 5.74) is 0. The van der Waals surface area contributed by atoms with E-state index in [9.17, 15) is 0 Å². The van der Waals surface area contributed by atoms with E-state index in [1.807, 2.05) is 0 Å². The first kappa shape index (κ1) is 6.54. The Bertz CT molecular complexity index is 76.2. The predicted octanol–water partition coefficient (Wildman–Crippen LogP) is -0.680. The molecule has 0 bridgehead atoms. The van der Waals surface area contributed by atoms with Gasteiger partial charge in [0.1, 0.15) is 0 Å². The molecule has 0 saturated carbocycles. The highest BCUT2D eigenvalue weighted by Gasteiger charge is 1.95. The van der Waals surface area contributed by atoms with Crippen LogP contribution in [-0.2, 0) is 0 Å². The first-order valence-corrected chi connectivity index (χ1v) is 2.12. The molecule has 0 aromatic rings. The van der Waals surface area contributed by atoms with Gasteiger partial charge in [0.25, 0.3) is 0 Å². The molecule has 0 heterocycles. The molecule has 0 aliphatic rings. The van der Waals surface area contributed by atoms with Crippen molar-refractivity contribution in [3.63, 3.8) is 0 Å². The van der Waals surface area contributed by atoms with Gasteiger partial charge in [0.05, 0.1) is 0 Å². The maximum Gasteiger partial charge on any atom is 0.374 e. The van der Waals surface area contributed by atoms with Crippen LogP contribution in [0.1, 0.15) is 0 Å². The Hall–Kier alpha value is -0.455. The third-order valence-electron chi connectivity index (χ3n) is 0.500. The molecule has 0 radical (unpaired) electrons. The SMILES string of the molecule is C#CCNB(C)O. The highest BCUT2D eigenvalue weighted by atomic mass is 16.2. The standard InChI is InChI=1S/C4H8BNO/c1-3-4-6-5(2)7/h1,6-7H,4H2,2H3. The summed E-state index contributed by atoms with van der Waals surface area (Å²) >= 11 is 0. The minimum Gasteiger partial charge on any atom is -0.437 e. The summed E-state index contributed by atoms with van der Waals surface area (Å²) in [5.74, 6) is 2.33. The zero-order valence-electron chi connectivity index (χ0n) is 4.31. The molecule has 0 rings (SSSR count). The van der Waals surface area contributed by atoms with Gasteiger partial charge in [-0.1, -0.05) is 5.92 Å². The lowest BCUT2D eigenvalue weighted by Crippen LogP contribution is -2.30. The maximum absolute atomic E-state index is 8.48. The normalized spacial score (nSPS) is 7.57. The van der Waals surface area contributed by atoms with E-state index in [0.717, 1.165) is 0 Å². The minimum atomic E-state index is -0.490. The van der Waals surface area contributed by atoms with E-state index >= 15 is 0 Å². The average Bonchev–Trinajstić information content (AvgIpc) is 1.61. The Balaban J connectivity index is 2.86. The Labute approximate surface area is 44.1 Å². The van der Waals surface area contributed by atoms with Crippen LogP contribution in [0.2, 0.25) is 6.82 Å². The van der Waals surface area contributed by atoms with E-state index in [2.05, 4.69) is 11.1 Å². The molecule has 0 aromatic carbocycles. The van der Waals surface area contributed by atoms with Gasteiger partial charge in [0.15, 0.2) is 0 Å². The lowest BCUT2D eigenvalue weighted by atomic mass is 9.89. The summed E-state index contributed by atoms with van der Waals surface area (Å²) in [6, 6.07) is 0. The molecule has 0 fully saturated rings. The molecule has 0 aliphatic heterocycles. The topological polar surface area (TPSA) is 32.3 Å². The lowest BCUT2D eigenvalue weighted by molar-refractivity contribution is 0.561. The van der Waals surface area contributed by atoms with Crippen LogP contribution >= 0.6 is 0 Å². The van der Waals surface area contributed by atoms with Crippen LogP contribution < -0.4 is 5.23 Å². The van der Waals surface area contributed by atoms with Crippen LogP contribution in [0.3, 0.4) is 0 Å². The van der Waals surface area contributed by atoms with Crippen molar-refractivity contribution >= 4 is 7.05 Å². The number of terminal acetylenes is 1. The van der Waals surface area contributed by atoms with Crippen molar-refractivity contribution in [2.75, 3.05) is 6.54 Å². The fourth-order valence-corrected chi connectivity index (χ4v) is 0.207. The molecule has 0 atom stereocenters. The number of rotatable bonds is 2. The Morgan fingerprint density at radius 3 is 2.71 bits per heavy atom. The molecule has 2 nitrogen and oxygen atoms in total. The molecular weight excluding hydrogens is 88.9 g/mol. The van der Waals surface area contributed by atoms with E-state index in [1.165, 1.54) is 0 Å². The number of nitrogens with one attached hydrogen (secondary N) is 1. The largest absolute Gasteiger partial charge is 0.437 e. The second kappa shape index (κ2) is 3.73. The highest BCUT2D eigenvalue weighted by molar-refractivity contribution is 6.45. The van der Waals surface area contributed by atoms with Gasteiger partial charge in [-0.05, 0) is 6.82 Å². The summed E-state index contributed by atoms with van der Waals surface area (Å²) in [6.07, 6.45) is 4.85. The third kappa shape index (κ3) is 5.54. The average molecular weight is 96.9 g/mol. The Morgan fingerprint density at radius 2 is 2.57 bits per heavy atom. The van der Waals surface area contributed by atoms with Gasteiger partial charge >= 0.3 is 7.05 Å². The van der Waals surface area contributed by atoms with E-state index in [-0.39, 0.29) is 0 Å². The third-order valence-corrected chi connectivity index (χ3v) is 0.500. The molecular formula is C4H8BNO. The second-order valence-electron chi connectivity index (χ2n) is 1.26. The zero-order valence-corrected chi connectivity index (χ0v) is 4.31. The molecule has 0 amide bonds. The van der Waals surface area contributed by atoms with E-state index in [0.29, 0.717) is 6.54 Å². The van der Waals surface area contributed by atoms with Crippen LogP contribution in [0.25, 0.3) is 0 Å². The molecule has 0 aliphatic carbocycles. The van der Waals surface area contributed by atoms with Gasteiger partial charge in [-0.25, -0.2) is 0 Å². The van der Waals surface area contributed by atoms with Gasteiger partial charge in [-0.3, -0.25) is 0 Å². The van der Waals surface area contributed by atoms with Crippen LogP contribution in [0.15, 0.2) is 0 Å². The van der Waals surface area contributed by atoms with Gasteiger partial charge < -0.3 is 10.3 Å². The van der Waals surface area contributed by atoms with E-state index in [4.69, 9.17) is 11.4 Å². The molecule has 7 heavy (non-hydrogen) atoms. The number of hydrogen-bond donors (Lipinski definition) is 2. The second-order valence-corrected chi connectivity index (χ2v) is 1.26. The quantitative estimate of drug-likeness (QED) is 0.353. The smallest absolute Gasteiger partial charge is 0.374 e. The van der Waals surface area contributed by atoms with Gasteiger partial charge in [-0.15, -0.1) is 6.42 Å². The van der Waals surface area contributed by atoms with Crippen LogP contribution in [0.4, 0.5) is 0 Å². The molecule has 0 saturated heterocycles. The van der Waals surface area contributed by atoms with Crippen molar-refractivity contribution < 1.29 is 5.02 Å². The minimum absolute atomic E-state index is 0.428. The summed E-state index contributed by atoms with van der Waals surface area (Å²) in [7, 11) is -0.490. The Kier molecular flexibility index (Phi) is 3.48.